The van der Waals surface area contributed by atoms with E-state index in [0.29, 0.717) is 5.75 Å². The summed E-state index contributed by atoms with van der Waals surface area (Å²) >= 11 is 0. The van der Waals surface area contributed by atoms with Gasteiger partial charge in [-0.1, -0.05) is 26.7 Å². The minimum Gasteiger partial charge on any atom is -0.541 e. The molecule has 0 spiro atoms. The summed E-state index contributed by atoms with van der Waals surface area (Å²) in [5.41, 5.74) is 0.800. The molecule has 3 heteroatoms. The Hall–Kier alpha value is -1.40. The Morgan fingerprint density at radius 3 is 2.22 bits per heavy atom. The molecule has 0 saturated carbocycles. The van der Waals surface area contributed by atoms with Crippen molar-refractivity contribution in [2.75, 3.05) is 7.11 Å². The SMILES string of the molecule is C#Cc1ccc(O[Si](C)(C)C(C)(C)C)c(OC)c1. The Morgan fingerprint density at radius 1 is 1.17 bits per heavy atom. The minimum atomic E-state index is -1.85. The highest BCUT2D eigenvalue weighted by molar-refractivity contribution is 6.74. The molecule has 0 heterocycles. The van der Waals surface area contributed by atoms with Gasteiger partial charge in [0.25, 0.3) is 8.32 Å². The number of hydrogen-bond acceptors (Lipinski definition) is 2. The molecule has 0 radical (unpaired) electrons. The second-order valence-corrected chi connectivity index (χ2v) is 10.6. The Bertz CT molecular complexity index is 464. The van der Waals surface area contributed by atoms with Gasteiger partial charge >= 0.3 is 0 Å². The van der Waals surface area contributed by atoms with E-state index in [1.165, 1.54) is 0 Å². The minimum absolute atomic E-state index is 0.156. The maximum absolute atomic E-state index is 6.23. The maximum Gasteiger partial charge on any atom is 0.250 e. The number of ether oxygens (including phenoxy) is 1. The Morgan fingerprint density at radius 2 is 1.78 bits per heavy atom. The van der Waals surface area contributed by atoms with Crippen molar-refractivity contribution in [1.29, 1.82) is 0 Å². The zero-order valence-corrected chi connectivity index (χ0v) is 13.1. The standard InChI is InChI=1S/C15H22O2Si/c1-8-12-9-10-13(14(11-12)16-5)17-18(6,7)15(2,3)4/h1,9-11H,2-7H3. The molecule has 0 bridgehead atoms. The molecule has 0 aromatic heterocycles. The van der Waals surface area contributed by atoms with Crippen LogP contribution in [0.1, 0.15) is 26.3 Å². The lowest BCUT2D eigenvalue weighted by atomic mass is 10.2. The van der Waals surface area contributed by atoms with E-state index in [4.69, 9.17) is 15.6 Å². The number of hydrogen-bond donors (Lipinski definition) is 0. The summed E-state index contributed by atoms with van der Waals surface area (Å²) in [6, 6.07) is 5.61. The van der Waals surface area contributed by atoms with Crippen LogP contribution in [0.4, 0.5) is 0 Å². The van der Waals surface area contributed by atoms with Gasteiger partial charge in [-0.3, -0.25) is 0 Å². The van der Waals surface area contributed by atoms with Crippen LogP contribution in [0, 0.1) is 12.3 Å². The van der Waals surface area contributed by atoms with Crippen molar-refractivity contribution in [1.82, 2.24) is 0 Å². The van der Waals surface area contributed by atoms with Crippen LogP contribution < -0.4 is 9.16 Å². The highest BCUT2D eigenvalue weighted by Gasteiger charge is 2.39. The lowest BCUT2D eigenvalue weighted by Crippen LogP contribution is -2.43. The van der Waals surface area contributed by atoms with E-state index in [0.717, 1.165) is 11.3 Å². The topological polar surface area (TPSA) is 18.5 Å². The van der Waals surface area contributed by atoms with E-state index in [2.05, 4.69) is 39.8 Å². The fourth-order valence-electron chi connectivity index (χ4n) is 1.27. The molecule has 0 aliphatic heterocycles. The Labute approximate surface area is 111 Å². The zero-order valence-electron chi connectivity index (χ0n) is 12.1. The van der Waals surface area contributed by atoms with Crippen LogP contribution in [0.2, 0.25) is 18.1 Å². The highest BCUT2D eigenvalue weighted by Crippen LogP contribution is 2.40. The molecule has 18 heavy (non-hydrogen) atoms. The van der Waals surface area contributed by atoms with Crippen LogP contribution in [0.3, 0.4) is 0 Å². The lowest BCUT2D eigenvalue weighted by Gasteiger charge is -2.36. The van der Waals surface area contributed by atoms with Gasteiger partial charge in [0.05, 0.1) is 7.11 Å². The lowest BCUT2D eigenvalue weighted by molar-refractivity contribution is 0.386. The number of rotatable bonds is 3. The number of benzene rings is 1. The van der Waals surface area contributed by atoms with Crippen molar-refractivity contribution < 1.29 is 9.16 Å². The fraction of sp³-hybridized carbons (Fsp3) is 0.467. The van der Waals surface area contributed by atoms with Crippen molar-refractivity contribution in [3.63, 3.8) is 0 Å². The van der Waals surface area contributed by atoms with Crippen molar-refractivity contribution in [3.05, 3.63) is 23.8 Å². The van der Waals surface area contributed by atoms with Crippen LogP contribution in [0.5, 0.6) is 11.5 Å². The van der Waals surface area contributed by atoms with Gasteiger partial charge < -0.3 is 9.16 Å². The second-order valence-electron chi connectivity index (χ2n) is 5.87. The highest BCUT2D eigenvalue weighted by atomic mass is 28.4. The Balaban J connectivity index is 3.09. The predicted molar refractivity (Wildman–Crippen MR) is 78.8 cm³/mol. The van der Waals surface area contributed by atoms with Crippen LogP contribution in [0.25, 0.3) is 0 Å². The van der Waals surface area contributed by atoms with E-state index in [1.807, 2.05) is 18.2 Å². The fourth-order valence-corrected chi connectivity index (χ4v) is 2.29. The van der Waals surface area contributed by atoms with Crippen LogP contribution >= 0.6 is 0 Å². The summed E-state index contributed by atoms with van der Waals surface area (Å²) in [5.74, 6) is 4.08. The molecule has 1 aromatic rings. The summed E-state index contributed by atoms with van der Waals surface area (Å²) in [4.78, 5) is 0. The van der Waals surface area contributed by atoms with Gasteiger partial charge in [-0.05, 0) is 36.3 Å². The molecule has 0 N–H and O–H groups in total. The van der Waals surface area contributed by atoms with Crippen molar-refractivity contribution >= 4 is 8.32 Å². The summed E-state index contributed by atoms with van der Waals surface area (Å²) in [7, 11) is -0.220. The van der Waals surface area contributed by atoms with Crippen molar-refractivity contribution in [3.8, 4) is 23.8 Å². The van der Waals surface area contributed by atoms with Gasteiger partial charge in [-0.25, -0.2) is 0 Å². The molecule has 98 valence electrons. The quantitative estimate of drug-likeness (QED) is 0.604. The molecule has 0 fully saturated rings. The van der Waals surface area contributed by atoms with Gasteiger partial charge in [-0.2, -0.15) is 0 Å². The molecule has 1 aromatic carbocycles. The van der Waals surface area contributed by atoms with Gasteiger partial charge in [0.1, 0.15) is 5.75 Å². The third-order valence-electron chi connectivity index (χ3n) is 3.50. The van der Waals surface area contributed by atoms with Crippen LogP contribution in [-0.4, -0.2) is 15.4 Å². The molecule has 0 amide bonds. The van der Waals surface area contributed by atoms with E-state index >= 15 is 0 Å². The first-order valence-corrected chi connectivity index (χ1v) is 8.96. The molecule has 0 atom stereocenters. The monoisotopic (exact) mass is 262 g/mol. The summed E-state index contributed by atoms with van der Waals surface area (Å²) in [6.45, 7) is 11.0. The van der Waals surface area contributed by atoms with E-state index < -0.39 is 8.32 Å². The first-order valence-electron chi connectivity index (χ1n) is 6.05. The molecular formula is C15H22O2Si. The summed E-state index contributed by atoms with van der Waals surface area (Å²) in [5, 5.41) is 0.156. The van der Waals surface area contributed by atoms with Crippen LogP contribution in [0.15, 0.2) is 18.2 Å². The molecule has 1 rings (SSSR count). The summed E-state index contributed by atoms with van der Waals surface area (Å²) in [6.07, 6.45) is 5.38. The maximum atomic E-state index is 6.23. The average Bonchev–Trinajstić information content (AvgIpc) is 2.27. The van der Waals surface area contributed by atoms with E-state index in [-0.39, 0.29) is 5.04 Å². The average molecular weight is 262 g/mol. The third-order valence-corrected chi connectivity index (χ3v) is 7.84. The molecule has 0 saturated heterocycles. The molecular weight excluding hydrogens is 240 g/mol. The van der Waals surface area contributed by atoms with Gasteiger partial charge in [0, 0.05) is 5.56 Å². The number of terminal acetylenes is 1. The van der Waals surface area contributed by atoms with Gasteiger partial charge in [0.15, 0.2) is 5.75 Å². The third kappa shape index (κ3) is 3.08. The van der Waals surface area contributed by atoms with Crippen molar-refractivity contribution in [2.24, 2.45) is 0 Å². The first-order chi connectivity index (χ1) is 8.21. The first kappa shape index (κ1) is 14.7. The zero-order chi connectivity index (χ0) is 14.0. The van der Waals surface area contributed by atoms with Crippen LogP contribution in [-0.2, 0) is 0 Å². The second kappa shape index (κ2) is 5.07. The normalized spacial score (nSPS) is 11.8. The largest absolute Gasteiger partial charge is 0.541 e. The predicted octanol–water partition coefficient (Wildman–Crippen LogP) is 4.06. The van der Waals surface area contributed by atoms with Crippen molar-refractivity contribution in [2.45, 2.75) is 38.9 Å². The molecule has 0 unspecified atom stereocenters. The van der Waals surface area contributed by atoms with Gasteiger partial charge in [0.2, 0.25) is 0 Å². The smallest absolute Gasteiger partial charge is 0.250 e. The van der Waals surface area contributed by atoms with Gasteiger partial charge in [-0.15, -0.1) is 6.42 Å². The molecule has 0 aliphatic rings. The Kier molecular flexibility index (Phi) is 4.13. The molecule has 0 aliphatic carbocycles. The number of methoxy groups -OCH3 is 1. The van der Waals surface area contributed by atoms with E-state index in [1.54, 1.807) is 7.11 Å². The molecule has 2 nitrogen and oxygen atoms in total. The van der Waals surface area contributed by atoms with E-state index in [9.17, 15) is 0 Å². The summed E-state index contributed by atoms with van der Waals surface area (Å²) < 4.78 is 11.6.